The standard InChI is InChI=1S/C13H13F3N4O3/c1-7-8(19-6-23-7)4-18-12(21)20-9-5-17-11(13(14,15)16)3-10(9)22-2/h3,5-6H,4H2,1-2H3,(H2,18,20,21). The summed E-state index contributed by atoms with van der Waals surface area (Å²) in [5, 5.41) is 4.85. The molecule has 0 aliphatic carbocycles. The van der Waals surface area contributed by atoms with Crippen molar-refractivity contribution in [1.82, 2.24) is 15.3 Å². The molecular formula is C13H13F3N4O3. The highest BCUT2D eigenvalue weighted by Gasteiger charge is 2.33. The topological polar surface area (TPSA) is 89.3 Å². The summed E-state index contributed by atoms with van der Waals surface area (Å²) in [6, 6.07) is 0.0597. The van der Waals surface area contributed by atoms with Gasteiger partial charge in [-0.15, -0.1) is 0 Å². The fourth-order valence-electron chi connectivity index (χ4n) is 1.68. The molecule has 124 valence electrons. The van der Waals surface area contributed by atoms with Crippen LogP contribution >= 0.6 is 0 Å². The molecule has 0 aromatic carbocycles. The van der Waals surface area contributed by atoms with E-state index in [0.29, 0.717) is 17.5 Å². The molecule has 2 N–H and O–H groups in total. The van der Waals surface area contributed by atoms with E-state index >= 15 is 0 Å². The van der Waals surface area contributed by atoms with Gasteiger partial charge in [-0.2, -0.15) is 13.2 Å². The number of anilines is 1. The zero-order valence-electron chi connectivity index (χ0n) is 12.2. The number of nitrogens with zero attached hydrogens (tertiary/aromatic N) is 2. The molecular weight excluding hydrogens is 317 g/mol. The molecule has 10 heteroatoms. The second-order valence-electron chi connectivity index (χ2n) is 4.43. The second-order valence-corrected chi connectivity index (χ2v) is 4.43. The lowest BCUT2D eigenvalue weighted by atomic mass is 10.3. The zero-order chi connectivity index (χ0) is 17.0. The Balaban J connectivity index is 2.04. The highest BCUT2D eigenvalue weighted by atomic mass is 19.4. The van der Waals surface area contributed by atoms with Crippen LogP contribution in [0.15, 0.2) is 23.1 Å². The Labute approximate surface area is 128 Å². The van der Waals surface area contributed by atoms with E-state index in [2.05, 4.69) is 20.6 Å². The maximum Gasteiger partial charge on any atom is 0.433 e. The minimum absolute atomic E-state index is 0.00914. The van der Waals surface area contributed by atoms with Crippen molar-refractivity contribution in [1.29, 1.82) is 0 Å². The van der Waals surface area contributed by atoms with Gasteiger partial charge in [0.05, 0.1) is 19.9 Å². The molecule has 2 aromatic rings. The van der Waals surface area contributed by atoms with E-state index < -0.39 is 17.9 Å². The van der Waals surface area contributed by atoms with Gasteiger partial charge in [0.25, 0.3) is 0 Å². The van der Waals surface area contributed by atoms with Crippen molar-refractivity contribution in [2.75, 3.05) is 12.4 Å². The number of nitrogens with one attached hydrogen (secondary N) is 2. The number of alkyl halides is 3. The predicted molar refractivity (Wildman–Crippen MR) is 72.9 cm³/mol. The number of amides is 2. The lowest BCUT2D eigenvalue weighted by molar-refractivity contribution is -0.141. The van der Waals surface area contributed by atoms with Crippen molar-refractivity contribution >= 4 is 11.7 Å². The number of methoxy groups -OCH3 is 1. The Morgan fingerprint density at radius 3 is 2.70 bits per heavy atom. The van der Waals surface area contributed by atoms with E-state index in [0.717, 1.165) is 6.20 Å². The molecule has 0 aliphatic rings. The van der Waals surface area contributed by atoms with Crippen molar-refractivity contribution in [3.63, 3.8) is 0 Å². The summed E-state index contributed by atoms with van der Waals surface area (Å²) in [6.07, 6.45) is -2.48. The first-order valence-electron chi connectivity index (χ1n) is 6.36. The van der Waals surface area contributed by atoms with Gasteiger partial charge in [0.1, 0.15) is 28.6 Å². The summed E-state index contributed by atoms with van der Waals surface area (Å²) in [6.45, 7) is 1.79. The van der Waals surface area contributed by atoms with E-state index in [1.807, 2.05) is 0 Å². The lowest BCUT2D eigenvalue weighted by Crippen LogP contribution is -2.28. The summed E-state index contributed by atoms with van der Waals surface area (Å²) in [7, 11) is 1.19. The number of halogens is 3. The Morgan fingerprint density at radius 2 is 2.13 bits per heavy atom. The number of ether oxygens (including phenoxy) is 1. The quantitative estimate of drug-likeness (QED) is 0.900. The van der Waals surface area contributed by atoms with Crippen molar-refractivity contribution in [3.8, 4) is 5.75 Å². The molecule has 0 fully saturated rings. The van der Waals surface area contributed by atoms with E-state index in [4.69, 9.17) is 9.15 Å². The van der Waals surface area contributed by atoms with Crippen LogP contribution in [-0.2, 0) is 12.7 Å². The summed E-state index contributed by atoms with van der Waals surface area (Å²) in [5.74, 6) is 0.402. The van der Waals surface area contributed by atoms with Crippen molar-refractivity contribution in [3.05, 3.63) is 35.8 Å². The third-order valence-electron chi connectivity index (χ3n) is 2.89. The minimum atomic E-state index is -4.60. The summed E-state index contributed by atoms with van der Waals surface area (Å²) in [5.41, 5.74) is -0.564. The lowest BCUT2D eigenvalue weighted by Gasteiger charge is -2.13. The summed E-state index contributed by atoms with van der Waals surface area (Å²) >= 11 is 0. The number of hydrogen-bond acceptors (Lipinski definition) is 5. The second kappa shape index (κ2) is 6.55. The Kier molecular flexibility index (Phi) is 4.72. The van der Waals surface area contributed by atoms with Crippen LogP contribution in [0.3, 0.4) is 0 Å². The van der Waals surface area contributed by atoms with Gasteiger partial charge in [-0.05, 0) is 6.92 Å². The minimum Gasteiger partial charge on any atom is -0.494 e. The van der Waals surface area contributed by atoms with Gasteiger partial charge in [-0.25, -0.2) is 14.8 Å². The molecule has 0 saturated heterocycles. The van der Waals surface area contributed by atoms with E-state index in [9.17, 15) is 18.0 Å². The molecule has 0 atom stereocenters. The van der Waals surface area contributed by atoms with Crippen molar-refractivity contribution < 1.29 is 27.1 Å². The van der Waals surface area contributed by atoms with Gasteiger partial charge in [0.2, 0.25) is 0 Å². The number of carbonyl (C=O) groups is 1. The summed E-state index contributed by atoms with van der Waals surface area (Å²) in [4.78, 5) is 18.9. The number of pyridine rings is 1. The van der Waals surface area contributed by atoms with Gasteiger partial charge in [-0.1, -0.05) is 0 Å². The van der Waals surface area contributed by atoms with Gasteiger partial charge in [0, 0.05) is 6.07 Å². The predicted octanol–water partition coefficient (Wildman–Crippen LogP) is 2.73. The van der Waals surface area contributed by atoms with Crippen LogP contribution in [0.4, 0.5) is 23.7 Å². The molecule has 23 heavy (non-hydrogen) atoms. The average Bonchev–Trinajstić information content (AvgIpc) is 2.89. The Hall–Kier alpha value is -2.78. The van der Waals surface area contributed by atoms with Crippen LogP contribution in [0.2, 0.25) is 0 Å². The third-order valence-corrected chi connectivity index (χ3v) is 2.89. The number of rotatable bonds is 4. The van der Waals surface area contributed by atoms with Crippen LogP contribution in [0.5, 0.6) is 5.75 Å². The van der Waals surface area contributed by atoms with Crippen LogP contribution in [0, 0.1) is 6.92 Å². The van der Waals surface area contributed by atoms with Crippen LogP contribution in [-0.4, -0.2) is 23.1 Å². The highest BCUT2D eigenvalue weighted by Crippen LogP contribution is 2.33. The van der Waals surface area contributed by atoms with E-state index in [1.165, 1.54) is 13.5 Å². The molecule has 7 nitrogen and oxygen atoms in total. The number of aryl methyl sites for hydroxylation is 1. The van der Waals surface area contributed by atoms with Crippen LogP contribution in [0.25, 0.3) is 0 Å². The van der Waals surface area contributed by atoms with Gasteiger partial charge >= 0.3 is 12.2 Å². The SMILES string of the molecule is COc1cc(C(F)(F)F)ncc1NC(=O)NCc1ncoc1C. The molecule has 0 spiro atoms. The number of aromatic nitrogens is 2. The van der Waals surface area contributed by atoms with E-state index in [1.54, 1.807) is 6.92 Å². The molecule has 2 aromatic heterocycles. The molecule has 0 unspecified atom stereocenters. The third kappa shape index (κ3) is 4.11. The van der Waals surface area contributed by atoms with Gasteiger partial charge in [-0.3, -0.25) is 0 Å². The van der Waals surface area contributed by atoms with Gasteiger partial charge < -0.3 is 19.8 Å². The van der Waals surface area contributed by atoms with Crippen molar-refractivity contribution in [2.45, 2.75) is 19.6 Å². The fraction of sp³-hybridized carbons (Fsp3) is 0.308. The van der Waals surface area contributed by atoms with Gasteiger partial charge in [0.15, 0.2) is 6.39 Å². The molecule has 0 radical (unpaired) electrons. The maximum absolute atomic E-state index is 12.6. The number of urea groups is 1. The monoisotopic (exact) mass is 330 g/mol. The molecule has 2 rings (SSSR count). The Bertz CT molecular complexity index is 700. The molecule has 0 saturated carbocycles. The normalized spacial score (nSPS) is 11.2. The zero-order valence-corrected chi connectivity index (χ0v) is 12.2. The van der Waals surface area contributed by atoms with Crippen molar-refractivity contribution in [2.24, 2.45) is 0 Å². The maximum atomic E-state index is 12.6. The Morgan fingerprint density at radius 1 is 1.39 bits per heavy atom. The molecule has 2 heterocycles. The smallest absolute Gasteiger partial charge is 0.433 e. The first kappa shape index (κ1) is 16.6. The molecule has 2 amide bonds. The average molecular weight is 330 g/mol. The number of hydrogen-bond donors (Lipinski definition) is 2. The largest absolute Gasteiger partial charge is 0.494 e. The van der Waals surface area contributed by atoms with Crippen LogP contribution < -0.4 is 15.4 Å². The van der Waals surface area contributed by atoms with E-state index in [-0.39, 0.29) is 18.0 Å². The first-order chi connectivity index (χ1) is 10.8. The summed E-state index contributed by atoms with van der Waals surface area (Å²) < 4.78 is 47.6. The fourth-order valence-corrected chi connectivity index (χ4v) is 1.68. The highest BCUT2D eigenvalue weighted by molar-refractivity contribution is 5.90. The molecule has 0 bridgehead atoms. The number of oxazole rings is 1. The first-order valence-corrected chi connectivity index (χ1v) is 6.36. The molecule has 0 aliphatic heterocycles. The van der Waals surface area contributed by atoms with Crippen LogP contribution in [0.1, 0.15) is 17.1 Å². The number of carbonyl (C=O) groups excluding carboxylic acids is 1.